The van der Waals surface area contributed by atoms with E-state index in [2.05, 4.69) is 11.9 Å². The third-order valence-corrected chi connectivity index (χ3v) is 2.52. The van der Waals surface area contributed by atoms with Crippen molar-refractivity contribution in [1.82, 2.24) is 5.32 Å². The fraction of sp³-hybridized carbons (Fsp3) is 0.286. The summed E-state index contributed by atoms with van der Waals surface area (Å²) in [6, 6.07) is 1.95. The number of halogens is 2. The summed E-state index contributed by atoms with van der Waals surface area (Å²) in [5.41, 5.74) is 6.03. The molecule has 6 heteroatoms. The Labute approximate surface area is 115 Å². The first-order valence-corrected chi connectivity index (χ1v) is 5.96. The number of carbonyl (C=O) groups is 2. The first kappa shape index (κ1) is 15.8. The van der Waals surface area contributed by atoms with E-state index in [1.54, 1.807) is 6.92 Å². The minimum Gasteiger partial charge on any atom is -0.368 e. The lowest BCUT2D eigenvalue weighted by Crippen LogP contribution is -2.45. The maximum Gasteiger partial charge on any atom is 0.240 e. The molecule has 0 fully saturated rings. The lowest BCUT2D eigenvalue weighted by molar-refractivity contribution is -0.126. The summed E-state index contributed by atoms with van der Waals surface area (Å²) in [5, 5.41) is 2.42. The van der Waals surface area contributed by atoms with E-state index in [1.165, 1.54) is 0 Å². The standard InChI is InChI=1S/C14H16F2N2O2/c1-8(2)3-12(14(17)20)18-13(19)6-9-4-10(15)7-11(16)5-9/h4-5,7,12H,1,3,6H2,2H3,(H2,17,20)(H,18,19)/t12-/m1/s1. The van der Waals surface area contributed by atoms with Crippen molar-refractivity contribution in [2.45, 2.75) is 25.8 Å². The molecule has 20 heavy (non-hydrogen) atoms. The van der Waals surface area contributed by atoms with Crippen molar-refractivity contribution in [3.8, 4) is 0 Å². The second-order valence-electron chi connectivity index (χ2n) is 4.64. The summed E-state index contributed by atoms with van der Waals surface area (Å²) in [6.45, 7) is 5.33. The Hall–Kier alpha value is -2.24. The first-order valence-electron chi connectivity index (χ1n) is 5.96. The summed E-state index contributed by atoms with van der Waals surface area (Å²) in [7, 11) is 0. The zero-order valence-corrected chi connectivity index (χ0v) is 11.1. The number of rotatable bonds is 6. The van der Waals surface area contributed by atoms with E-state index in [0.29, 0.717) is 11.6 Å². The van der Waals surface area contributed by atoms with E-state index in [9.17, 15) is 18.4 Å². The number of carbonyl (C=O) groups excluding carboxylic acids is 2. The Morgan fingerprint density at radius 1 is 1.30 bits per heavy atom. The van der Waals surface area contributed by atoms with E-state index >= 15 is 0 Å². The van der Waals surface area contributed by atoms with Crippen LogP contribution in [0.4, 0.5) is 8.78 Å². The molecule has 0 spiro atoms. The Balaban J connectivity index is 2.70. The van der Waals surface area contributed by atoms with Crippen LogP contribution in [-0.4, -0.2) is 17.9 Å². The number of nitrogens with one attached hydrogen (secondary N) is 1. The van der Waals surface area contributed by atoms with E-state index in [4.69, 9.17) is 5.73 Å². The average Bonchev–Trinajstić information content (AvgIpc) is 2.25. The van der Waals surface area contributed by atoms with E-state index < -0.39 is 29.5 Å². The van der Waals surface area contributed by atoms with Gasteiger partial charge in [0.1, 0.15) is 17.7 Å². The summed E-state index contributed by atoms with van der Waals surface area (Å²) < 4.78 is 26.0. The molecule has 4 nitrogen and oxygen atoms in total. The minimum absolute atomic E-state index is 0.179. The van der Waals surface area contributed by atoms with Gasteiger partial charge in [0.05, 0.1) is 6.42 Å². The Bertz CT molecular complexity index is 524. The lowest BCUT2D eigenvalue weighted by Gasteiger charge is -2.15. The molecular weight excluding hydrogens is 266 g/mol. The minimum atomic E-state index is -0.876. The van der Waals surface area contributed by atoms with Crippen LogP contribution in [0.25, 0.3) is 0 Å². The van der Waals surface area contributed by atoms with Crippen LogP contribution >= 0.6 is 0 Å². The van der Waals surface area contributed by atoms with Gasteiger partial charge in [0, 0.05) is 6.07 Å². The zero-order valence-electron chi connectivity index (χ0n) is 11.1. The molecule has 0 aliphatic carbocycles. The molecule has 0 saturated carbocycles. The molecule has 0 heterocycles. The Morgan fingerprint density at radius 2 is 1.85 bits per heavy atom. The monoisotopic (exact) mass is 282 g/mol. The maximum absolute atomic E-state index is 13.0. The van der Waals surface area contributed by atoms with E-state index in [0.717, 1.165) is 12.1 Å². The molecule has 0 unspecified atom stereocenters. The van der Waals surface area contributed by atoms with Gasteiger partial charge in [-0.3, -0.25) is 9.59 Å². The molecule has 0 bridgehead atoms. The SMILES string of the molecule is C=C(C)C[C@@H](NC(=O)Cc1cc(F)cc(F)c1)C(N)=O. The van der Waals surface area contributed by atoms with Crippen molar-refractivity contribution in [2.75, 3.05) is 0 Å². The van der Waals surface area contributed by atoms with Crippen molar-refractivity contribution >= 4 is 11.8 Å². The summed E-state index contributed by atoms with van der Waals surface area (Å²) in [5.74, 6) is -2.76. The molecule has 0 aliphatic rings. The zero-order chi connectivity index (χ0) is 15.3. The largest absolute Gasteiger partial charge is 0.368 e. The molecule has 0 aromatic heterocycles. The molecule has 1 aromatic rings. The summed E-state index contributed by atoms with van der Waals surface area (Å²) >= 11 is 0. The molecule has 0 saturated heterocycles. The van der Waals surface area contributed by atoms with E-state index in [1.807, 2.05) is 0 Å². The molecule has 1 rings (SSSR count). The number of nitrogens with two attached hydrogens (primary N) is 1. The van der Waals surface area contributed by atoms with Gasteiger partial charge < -0.3 is 11.1 Å². The van der Waals surface area contributed by atoms with Crippen LogP contribution in [0.3, 0.4) is 0 Å². The van der Waals surface area contributed by atoms with Crippen LogP contribution in [0.15, 0.2) is 30.4 Å². The molecular formula is C14H16F2N2O2. The van der Waals surface area contributed by atoms with Crippen molar-refractivity contribution < 1.29 is 18.4 Å². The number of benzene rings is 1. The number of amides is 2. The predicted molar refractivity (Wildman–Crippen MR) is 70.6 cm³/mol. The Morgan fingerprint density at radius 3 is 2.30 bits per heavy atom. The Kier molecular flexibility index (Phi) is 5.37. The van der Waals surface area contributed by atoms with Gasteiger partial charge >= 0.3 is 0 Å². The van der Waals surface area contributed by atoms with Crippen LogP contribution in [0.5, 0.6) is 0 Å². The van der Waals surface area contributed by atoms with Crippen LogP contribution in [-0.2, 0) is 16.0 Å². The fourth-order valence-electron chi connectivity index (χ4n) is 1.71. The molecule has 1 atom stereocenters. The van der Waals surface area contributed by atoms with Crippen molar-refractivity contribution in [3.63, 3.8) is 0 Å². The third-order valence-electron chi connectivity index (χ3n) is 2.52. The summed E-state index contributed by atoms with van der Waals surface area (Å²) in [4.78, 5) is 22.9. The fourth-order valence-corrected chi connectivity index (χ4v) is 1.71. The van der Waals surface area contributed by atoms with Crippen LogP contribution < -0.4 is 11.1 Å². The maximum atomic E-state index is 13.0. The van der Waals surface area contributed by atoms with Gasteiger partial charge in [-0.05, 0) is 31.0 Å². The van der Waals surface area contributed by atoms with Gasteiger partial charge in [-0.1, -0.05) is 5.57 Å². The summed E-state index contributed by atoms with van der Waals surface area (Å²) in [6.07, 6.45) is -0.0206. The van der Waals surface area contributed by atoms with Crippen molar-refractivity contribution in [1.29, 1.82) is 0 Å². The lowest BCUT2D eigenvalue weighted by atomic mass is 10.1. The quantitative estimate of drug-likeness (QED) is 0.775. The number of hydrogen-bond donors (Lipinski definition) is 2. The van der Waals surface area contributed by atoms with Crippen LogP contribution in [0.2, 0.25) is 0 Å². The second-order valence-corrected chi connectivity index (χ2v) is 4.64. The van der Waals surface area contributed by atoms with Crippen molar-refractivity contribution in [2.24, 2.45) is 5.73 Å². The average molecular weight is 282 g/mol. The van der Waals surface area contributed by atoms with Gasteiger partial charge in [0.2, 0.25) is 11.8 Å². The number of hydrogen-bond acceptors (Lipinski definition) is 2. The highest BCUT2D eigenvalue weighted by atomic mass is 19.1. The first-order chi connectivity index (χ1) is 9.27. The van der Waals surface area contributed by atoms with Crippen LogP contribution in [0.1, 0.15) is 18.9 Å². The molecule has 1 aromatic carbocycles. The topological polar surface area (TPSA) is 72.2 Å². The van der Waals surface area contributed by atoms with Gasteiger partial charge in [-0.15, -0.1) is 6.58 Å². The molecule has 0 radical (unpaired) electrons. The van der Waals surface area contributed by atoms with Crippen LogP contribution in [0, 0.1) is 11.6 Å². The van der Waals surface area contributed by atoms with E-state index in [-0.39, 0.29) is 18.4 Å². The van der Waals surface area contributed by atoms with Gasteiger partial charge in [0.25, 0.3) is 0 Å². The van der Waals surface area contributed by atoms with Crippen molar-refractivity contribution in [3.05, 3.63) is 47.5 Å². The highest BCUT2D eigenvalue weighted by Crippen LogP contribution is 2.09. The molecule has 3 N–H and O–H groups in total. The normalized spacial score (nSPS) is 11.8. The third kappa shape index (κ3) is 5.17. The molecule has 0 aliphatic heterocycles. The number of primary amides is 1. The smallest absolute Gasteiger partial charge is 0.240 e. The van der Waals surface area contributed by atoms with Gasteiger partial charge in [-0.2, -0.15) is 0 Å². The highest BCUT2D eigenvalue weighted by molar-refractivity contribution is 5.87. The highest BCUT2D eigenvalue weighted by Gasteiger charge is 2.18. The second kappa shape index (κ2) is 6.79. The molecule has 108 valence electrons. The van der Waals surface area contributed by atoms with Gasteiger partial charge in [-0.25, -0.2) is 8.78 Å². The molecule has 2 amide bonds. The van der Waals surface area contributed by atoms with Gasteiger partial charge in [0.15, 0.2) is 0 Å². The predicted octanol–water partition coefficient (Wildman–Crippen LogP) is 1.44.